The molecule has 3 aromatic rings. The van der Waals surface area contributed by atoms with Gasteiger partial charge in [-0.05, 0) is 52.3 Å². The Morgan fingerprint density at radius 1 is 0.920 bits per heavy atom. The first-order chi connectivity index (χ1) is 12.1. The highest BCUT2D eigenvalue weighted by molar-refractivity contribution is 9.11. The summed E-state index contributed by atoms with van der Waals surface area (Å²) >= 11 is 8.32. The normalized spacial score (nSPS) is 12.5. The van der Waals surface area contributed by atoms with E-state index < -0.39 is 0 Å². The average molecular weight is 477 g/mol. The highest BCUT2D eigenvalue weighted by Crippen LogP contribution is 2.49. The first-order valence-electron chi connectivity index (χ1n) is 7.44. The Hall–Kier alpha value is -1.76. The van der Waals surface area contributed by atoms with Crippen LogP contribution in [0.25, 0.3) is 0 Å². The van der Waals surface area contributed by atoms with Crippen LogP contribution in [0.1, 0.15) is 10.4 Å². The lowest BCUT2D eigenvalue weighted by atomic mass is 10.1. The molecule has 0 bridgehead atoms. The highest BCUT2D eigenvalue weighted by atomic mass is 79.9. The van der Waals surface area contributed by atoms with E-state index in [4.69, 9.17) is 0 Å². The number of anilines is 2. The first-order valence-corrected chi connectivity index (χ1v) is 9.85. The van der Waals surface area contributed by atoms with Crippen LogP contribution in [0.2, 0.25) is 0 Å². The molecule has 0 fully saturated rings. The van der Waals surface area contributed by atoms with Crippen LogP contribution in [0.5, 0.6) is 5.75 Å². The Labute approximate surface area is 165 Å². The highest BCUT2D eigenvalue weighted by Gasteiger charge is 2.30. The number of carbonyl (C=O) groups is 1. The van der Waals surface area contributed by atoms with Gasteiger partial charge in [0, 0.05) is 14.3 Å². The molecule has 1 aliphatic rings. The average Bonchev–Trinajstić information content (AvgIpc) is 2.62. The number of hydrogen-bond donors (Lipinski definition) is 1. The van der Waals surface area contributed by atoms with Crippen LogP contribution in [0.3, 0.4) is 0 Å². The maximum absolute atomic E-state index is 13.4. The second-order valence-corrected chi connectivity index (χ2v) is 8.32. The predicted molar refractivity (Wildman–Crippen MR) is 107 cm³/mol. The van der Waals surface area contributed by atoms with Crippen LogP contribution in [-0.2, 0) is 0 Å². The van der Waals surface area contributed by atoms with Gasteiger partial charge in [-0.3, -0.25) is 9.69 Å². The van der Waals surface area contributed by atoms with Crippen molar-refractivity contribution >= 4 is 60.9 Å². The van der Waals surface area contributed by atoms with Crippen LogP contribution in [0.4, 0.5) is 11.4 Å². The third kappa shape index (κ3) is 2.88. The number of benzene rings is 3. The lowest BCUT2D eigenvalue weighted by Crippen LogP contribution is -2.28. The van der Waals surface area contributed by atoms with Crippen molar-refractivity contribution in [2.45, 2.75) is 9.79 Å². The molecule has 3 nitrogen and oxygen atoms in total. The number of aromatic hydroxyl groups is 1. The molecule has 0 radical (unpaired) electrons. The molecule has 0 spiro atoms. The topological polar surface area (TPSA) is 40.5 Å². The number of phenolic OH excluding ortho intramolecular Hbond substituents is 1. The van der Waals surface area contributed by atoms with Crippen molar-refractivity contribution in [2.24, 2.45) is 0 Å². The summed E-state index contributed by atoms with van der Waals surface area (Å²) in [4.78, 5) is 17.0. The van der Waals surface area contributed by atoms with E-state index in [-0.39, 0.29) is 17.2 Å². The number of carbonyl (C=O) groups excluding carboxylic acids is 1. The molecule has 0 aromatic heterocycles. The van der Waals surface area contributed by atoms with Gasteiger partial charge < -0.3 is 5.11 Å². The minimum Gasteiger partial charge on any atom is -0.506 e. The molecule has 0 aliphatic carbocycles. The van der Waals surface area contributed by atoms with Crippen molar-refractivity contribution in [3.63, 3.8) is 0 Å². The largest absolute Gasteiger partial charge is 0.506 e. The fraction of sp³-hybridized carbons (Fsp3) is 0. The van der Waals surface area contributed by atoms with Crippen molar-refractivity contribution in [3.05, 3.63) is 75.2 Å². The van der Waals surface area contributed by atoms with Crippen molar-refractivity contribution in [1.29, 1.82) is 0 Å². The summed E-state index contributed by atoms with van der Waals surface area (Å²) in [5, 5.41) is 10.4. The van der Waals surface area contributed by atoms with Crippen LogP contribution >= 0.6 is 43.6 Å². The van der Waals surface area contributed by atoms with E-state index in [0.717, 1.165) is 21.2 Å². The van der Waals surface area contributed by atoms with Crippen LogP contribution in [0, 0.1) is 0 Å². The van der Waals surface area contributed by atoms with Crippen LogP contribution in [-0.4, -0.2) is 11.0 Å². The number of hydrogen-bond acceptors (Lipinski definition) is 3. The molecule has 6 heteroatoms. The zero-order valence-corrected chi connectivity index (χ0v) is 16.7. The van der Waals surface area contributed by atoms with Gasteiger partial charge in [-0.2, -0.15) is 0 Å². The molecular formula is C19H11Br2NO2S. The molecule has 0 atom stereocenters. The summed E-state index contributed by atoms with van der Waals surface area (Å²) in [7, 11) is 0. The van der Waals surface area contributed by atoms with Gasteiger partial charge in [0.1, 0.15) is 5.75 Å². The number of fused-ring (bicyclic) bond motifs is 2. The van der Waals surface area contributed by atoms with Gasteiger partial charge in [-0.1, -0.05) is 52.0 Å². The molecule has 1 aliphatic heterocycles. The molecule has 0 saturated carbocycles. The zero-order chi connectivity index (χ0) is 17.6. The Kier molecular flexibility index (Phi) is 4.35. The molecule has 0 saturated heterocycles. The second kappa shape index (κ2) is 6.52. The molecule has 124 valence electrons. The van der Waals surface area contributed by atoms with E-state index in [1.54, 1.807) is 28.8 Å². The number of phenols is 1. The minimum absolute atomic E-state index is 0.0682. The molecule has 25 heavy (non-hydrogen) atoms. The molecule has 1 amide bonds. The Bertz CT molecular complexity index is 961. The van der Waals surface area contributed by atoms with E-state index >= 15 is 0 Å². The van der Waals surface area contributed by atoms with Crippen molar-refractivity contribution in [3.8, 4) is 5.75 Å². The predicted octanol–water partition coefficient (Wildman–Crippen LogP) is 6.36. The lowest BCUT2D eigenvalue weighted by Gasteiger charge is -2.31. The first kappa shape index (κ1) is 16.7. The Morgan fingerprint density at radius 3 is 2.08 bits per heavy atom. The van der Waals surface area contributed by atoms with Crippen molar-refractivity contribution < 1.29 is 9.90 Å². The lowest BCUT2D eigenvalue weighted by molar-refractivity contribution is 0.0995. The molecule has 3 aromatic carbocycles. The Balaban J connectivity index is 1.92. The van der Waals surface area contributed by atoms with Gasteiger partial charge >= 0.3 is 0 Å². The fourth-order valence-corrected chi connectivity index (χ4v) is 5.06. The van der Waals surface area contributed by atoms with Gasteiger partial charge in [0.2, 0.25) is 0 Å². The minimum atomic E-state index is -0.278. The summed E-state index contributed by atoms with van der Waals surface area (Å²) < 4.78 is 1.19. The maximum Gasteiger partial charge on any atom is 0.266 e. The number of para-hydroxylation sites is 2. The smallest absolute Gasteiger partial charge is 0.266 e. The van der Waals surface area contributed by atoms with Crippen molar-refractivity contribution in [1.82, 2.24) is 0 Å². The number of amides is 1. The SMILES string of the molecule is O=C(c1cc(Br)cc(Br)c1O)N1c2ccccc2Sc2ccccc21. The van der Waals surface area contributed by atoms with Gasteiger partial charge in [0.05, 0.1) is 21.4 Å². The summed E-state index contributed by atoms with van der Waals surface area (Å²) in [5.41, 5.74) is 1.86. The number of halogens is 2. The van der Waals surface area contributed by atoms with Gasteiger partial charge in [-0.15, -0.1) is 0 Å². The monoisotopic (exact) mass is 475 g/mol. The van der Waals surface area contributed by atoms with Gasteiger partial charge in [-0.25, -0.2) is 0 Å². The van der Waals surface area contributed by atoms with Gasteiger partial charge in [0.15, 0.2) is 0 Å². The number of nitrogens with zero attached hydrogens (tertiary/aromatic N) is 1. The number of rotatable bonds is 1. The second-order valence-electron chi connectivity index (χ2n) is 5.46. The summed E-state index contributed by atoms with van der Waals surface area (Å²) in [6.45, 7) is 0. The van der Waals surface area contributed by atoms with E-state index in [1.807, 2.05) is 48.5 Å². The quantitative estimate of drug-likeness (QED) is 0.444. The standard InChI is InChI=1S/C19H11Br2NO2S/c20-11-9-12(18(23)13(21)10-11)19(24)22-14-5-1-3-7-16(14)25-17-8-4-2-6-15(17)22/h1-10,23H. The third-order valence-electron chi connectivity index (χ3n) is 3.89. The molecule has 0 unspecified atom stereocenters. The van der Waals surface area contributed by atoms with E-state index in [2.05, 4.69) is 31.9 Å². The molecular weight excluding hydrogens is 466 g/mol. The third-order valence-corrected chi connectivity index (χ3v) is 6.09. The van der Waals surface area contributed by atoms with E-state index in [9.17, 15) is 9.90 Å². The molecule has 4 rings (SSSR count). The van der Waals surface area contributed by atoms with Crippen molar-refractivity contribution in [2.75, 3.05) is 4.90 Å². The van der Waals surface area contributed by atoms with Gasteiger partial charge in [0.25, 0.3) is 5.91 Å². The summed E-state index contributed by atoms with van der Waals surface area (Å²) in [6, 6.07) is 18.9. The molecule has 1 heterocycles. The molecule has 1 N–H and O–H groups in total. The van der Waals surface area contributed by atoms with Crippen LogP contribution in [0.15, 0.2) is 79.4 Å². The van der Waals surface area contributed by atoms with E-state index in [1.165, 1.54) is 0 Å². The zero-order valence-electron chi connectivity index (χ0n) is 12.7. The van der Waals surface area contributed by atoms with E-state index in [0.29, 0.717) is 8.95 Å². The fourth-order valence-electron chi connectivity index (χ4n) is 2.77. The summed E-state index contributed by atoms with van der Waals surface area (Å²) in [5.74, 6) is -0.346. The Morgan fingerprint density at radius 2 is 1.48 bits per heavy atom. The maximum atomic E-state index is 13.4. The summed E-state index contributed by atoms with van der Waals surface area (Å²) in [6.07, 6.45) is 0. The van der Waals surface area contributed by atoms with Crippen LogP contribution < -0.4 is 4.90 Å².